The lowest BCUT2D eigenvalue weighted by molar-refractivity contribution is -0.116. The number of ether oxygens (including phenoxy) is 1. The zero-order valence-electron chi connectivity index (χ0n) is 14.1. The van der Waals surface area contributed by atoms with Crippen molar-refractivity contribution in [3.63, 3.8) is 0 Å². The van der Waals surface area contributed by atoms with Crippen LogP contribution >= 0.6 is 0 Å². The number of likely N-dealkylation sites (N-methyl/N-ethyl adjacent to an activating group) is 1. The van der Waals surface area contributed by atoms with Gasteiger partial charge in [0, 0.05) is 12.5 Å². The molecule has 23 heavy (non-hydrogen) atoms. The van der Waals surface area contributed by atoms with Crippen LogP contribution in [0.2, 0.25) is 0 Å². The van der Waals surface area contributed by atoms with E-state index in [0.717, 1.165) is 30.9 Å². The van der Waals surface area contributed by atoms with Crippen LogP contribution in [0.15, 0.2) is 24.3 Å². The molecule has 0 amide bonds. The Balaban J connectivity index is 1.57. The van der Waals surface area contributed by atoms with E-state index < -0.39 is 0 Å². The fraction of sp³-hybridized carbons (Fsp3) is 0.550. The van der Waals surface area contributed by atoms with E-state index in [2.05, 4.69) is 24.0 Å². The molecule has 3 rings (SSSR count). The van der Waals surface area contributed by atoms with Gasteiger partial charge in [-0.05, 0) is 42.7 Å². The first-order valence-electron chi connectivity index (χ1n) is 8.97. The molecule has 1 aromatic carbocycles. The van der Waals surface area contributed by atoms with E-state index in [1.807, 2.05) is 12.1 Å². The van der Waals surface area contributed by atoms with Crippen LogP contribution in [0, 0.1) is 0 Å². The van der Waals surface area contributed by atoms with Gasteiger partial charge in [-0.3, -0.25) is 9.69 Å². The second-order valence-corrected chi connectivity index (χ2v) is 6.62. The van der Waals surface area contributed by atoms with E-state index in [9.17, 15) is 4.79 Å². The van der Waals surface area contributed by atoms with Crippen LogP contribution < -0.4 is 4.74 Å². The van der Waals surface area contributed by atoms with Crippen molar-refractivity contribution in [2.24, 2.45) is 0 Å². The zero-order valence-corrected chi connectivity index (χ0v) is 14.1. The molecule has 124 valence electrons. The smallest absolute Gasteiger partial charge is 0.169 e. The first-order valence-corrected chi connectivity index (χ1v) is 8.97. The molecule has 3 heteroatoms. The number of rotatable bonds is 6. The SMILES string of the molecule is CCN(CC(=O)/C=C/c1ccc2c(c1)OCC2)C1CCCCC1. The highest BCUT2D eigenvalue weighted by atomic mass is 16.5. The molecule has 0 spiro atoms. The second-order valence-electron chi connectivity index (χ2n) is 6.62. The minimum Gasteiger partial charge on any atom is -0.493 e. The van der Waals surface area contributed by atoms with E-state index in [1.54, 1.807) is 6.08 Å². The standard InChI is InChI=1S/C20H27NO2/c1-2-21(18-6-4-3-5-7-18)15-19(22)11-9-16-8-10-17-12-13-23-20(17)14-16/h8-11,14,18H,2-7,12-13,15H2,1H3/b11-9+. The zero-order chi connectivity index (χ0) is 16.1. The normalized spacial score (nSPS) is 18.3. The molecular weight excluding hydrogens is 286 g/mol. The molecule has 0 bridgehead atoms. The number of hydrogen-bond donors (Lipinski definition) is 0. The van der Waals surface area contributed by atoms with Crippen molar-refractivity contribution < 1.29 is 9.53 Å². The maximum atomic E-state index is 12.3. The van der Waals surface area contributed by atoms with Gasteiger partial charge in [-0.2, -0.15) is 0 Å². The van der Waals surface area contributed by atoms with Crippen molar-refractivity contribution in [1.29, 1.82) is 0 Å². The molecule has 0 atom stereocenters. The summed E-state index contributed by atoms with van der Waals surface area (Å²) >= 11 is 0. The predicted octanol–water partition coefficient (Wildman–Crippen LogP) is 3.86. The average molecular weight is 313 g/mol. The molecule has 0 N–H and O–H groups in total. The van der Waals surface area contributed by atoms with Crippen molar-refractivity contribution in [2.75, 3.05) is 19.7 Å². The Labute approximate surface area is 139 Å². The first-order chi connectivity index (χ1) is 11.3. The molecule has 1 heterocycles. The van der Waals surface area contributed by atoms with E-state index in [1.165, 1.54) is 37.7 Å². The van der Waals surface area contributed by atoms with Gasteiger partial charge in [0.25, 0.3) is 0 Å². The molecule has 1 aliphatic carbocycles. The van der Waals surface area contributed by atoms with Crippen molar-refractivity contribution >= 4 is 11.9 Å². The minimum absolute atomic E-state index is 0.193. The fourth-order valence-corrected chi connectivity index (χ4v) is 3.67. The van der Waals surface area contributed by atoms with E-state index in [-0.39, 0.29) is 5.78 Å². The summed E-state index contributed by atoms with van der Waals surface area (Å²) in [5, 5.41) is 0. The lowest BCUT2D eigenvalue weighted by atomic mass is 9.94. The van der Waals surface area contributed by atoms with Crippen LogP contribution in [0.3, 0.4) is 0 Å². The summed E-state index contributed by atoms with van der Waals surface area (Å²) in [5.74, 6) is 1.16. The highest BCUT2D eigenvalue weighted by Gasteiger charge is 2.21. The van der Waals surface area contributed by atoms with E-state index in [0.29, 0.717) is 12.6 Å². The van der Waals surface area contributed by atoms with E-state index in [4.69, 9.17) is 4.74 Å². The summed E-state index contributed by atoms with van der Waals surface area (Å²) in [6.45, 7) is 4.42. The van der Waals surface area contributed by atoms with Crippen LogP contribution in [0.25, 0.3) is 6.08 Å². The summed E-state index contributed by atoms with van der Waals surface area (Å²) in [5.41, 5.74) is 2.31. The van der Waals surface area contributed by atoms with Crippen molar-refractivity contribution in [1.82, 2.24) is 4.90 Å². The Morgan fingerprint density at radius 2 is 2.13 bits per heavy atom. The Morgan fingerprint density at radius 1 is 1.30 bits per heavy atom. The lowest BCUT2D eigenvalue weighted by Crippen LogP contribution is -2.39. The first kappa shape index (κ1) is 16.3. The topological polar surface area (TPSA) is 29.5 Å². The maximum Gasteiger partial charge on any atom is 0.169 e. The van der Waals surface area contributed by atoms with Crippen LogP contribution in [0.4, 0.5) is 0 Å². The molecule has 2 aliphatic rings. The Kier molecular flexibility index (Phi) is 5.50. The molecule has 3 nitrogen and oxygen atoms in total. The maximum absolute atomic E-state index is 12.3. The van der Waals surface area contributed by atoms with Gasteiger partial charge in [-0.25, -0.2) is 0 Å². The monoisotopic (exact) mass is 313 g/mol. The fourth-order valence-electron chi connectivity index (χ4n) is 3.67. The average Bonchev–Trinajstić information content (AvgIpc) is 3.06. The highest BCUT2D eigenvalue weighted by Crippen LogP contribution is 2.26. The molecule has 1 aromatic rings. The van der Waals surface area contributed by atoms with Crippen LogP contribution in [-0.4, -0.2) is 36.4 Å². The van der Waals surface area contributed by atoms with Gasteiger partial charge in [-0.1, -0.05) is 44.4 Å². The number of hydrogen-bond acceptors (Lipinski definition) is 3. The van der Waals surface area contributed by atoms with Crippen molar-refractivity contribution in [2.45, 2.75) is 51.5 Å². The molecule has 1 aliphatic heterocycles. The van der Waals surface area contributed by atoms with Crippen molar-refractivity contribution in [3.8, 4) is 5.75 Å². The Morgan fingerprint density at radius 3 is 2.91 bits per heavy atom. The highest BCUT2D eigenvalue weighted by molar-refractivity contribution is 5.95. The van der Waals surface area contributed by atoms with Gasteiger partial charge < -0.3 is 4.74 Å². The molecule has 0 radical (unpaired) electrons. The number of benzene rings is 1. The minimum atomic E-state index is 0.193. The quantitative estimate of drug-likeness (QED) is 0.747. The number of ketones is 1. The van der Waals surface area contributed by atoms with Gasteiger partial charge in [0.1, 0.15) is 5.75 Å². The third-order valence-corrected chi connectivity index (χ3v) is 5.04. The molecule has 1 saturated carbocycles. The van der Waals surface area contributed by atoms with Gasteiger partial charge in [0.15, 0.2) is 5.78 Å². The molecule has 0 aromatic heterocycles. The van der Waals surface area contributed by atoms with Gasteiger partial charge >= 0.3 is 0 Å². The van der Waals surface area contributed by atoms with Gasteiger partial charge in [0.2, 0.25) is 0 Å². The summed E-state index contributed by atoms with van der Waals surface area (Å²) in [6, 6.07) is 6.80. The third kappa shape index (κ3) is 4.23. The predicted molar refractivity (Wildman–Crippen MR) is 93.8 cm³/mol. The summed E-state index contributed by atoms with van der Waals surface area (Å²) < 4.78 is 5.58. The lowest BCUT2D eigenvalue weighted by Gasteiger charge is -2.32. The van der Waals surface area contributed by atoms with Gasteiger partial charge in [-0.15, -0.1) is 0 Å². The number of carbonyl (C=O) groups is 1. The van der Waals surface area contributed by atoms with Crippen LogP contribution in [0.1, 0.15) is 50.2 Å². The summed E-state index contributed by atoms with van der Waals surface area (Å²) in [7, 11) is 0. The third-order valence-electron chi connectivity index (χ3n) is 5.04. The molecule has 0 saturated heterocycles. The largest absolute Gasteiger partial charge is 0.493 e. The number of carbonyl (C=O) groups excluding carboxylic acids is 1. The molecule has 1 fully saturated rings. The second kappa shape index (κ2) is 7.78. The van der Waals surface area contributed by atoms with Gasteiger partial charge in [0.05, 0.1) is 13.2 Å². The number of fused-ring (bicyclic) bond motifs is 1. The Bertz CT molecular complexity index is 573. The Hall–Kier alpha value is -1.61. The molecule has 0 unspecified atom stereocenters. The van der Waals surface area contributed by atoms with Crippen LogP contribution in [-0.2, 0) is 11.2 Å². The number of nitrogens with zero attached hydrogens (tertiary/aromatic N) is 1. The summed E-state index contributed by atoms with van der Waals surface area (Å²) in [4.78, 5) is 14.6. The van der Waals surface area contributed by atoms with E-state index >= 15 is 0 Å². The molecular formula is C20H27NO2. The van der Waals surface area contributed by atoms with Crippen molar-refractivity contribution in [3.05, 3.63) is 35.4 Å². The van der Waals surface area contributed by atoms with Crippen LogP contribution in [0.5, 0.6) is 5.75 Å². The summed E-state index contributed by atoms with van der Waals surface area (Å²) in [6.07, 6.45) is 11.1.